The van der Waals surface area contributed by atoms with Crippen molar-refractivity contribution in [2.75, 3.05) is 51.8 Å². The molecule has 40 heavy (non-hydrogen) atoms. The van der Waals surface area contributed by atoms with Gasteiger partial charge in [0.05, 0.1) is 12.6 Å². The number of piperazine rings is 1. The van der Waals surface area contributed by atoms with Gasteiger partial charge in [0.15, 0.2) is 5.82 Å². The summed E-state index contributed by atoms with van der Waals surface area (Å²) in [5.74, 6) is 1.79. The van der Waals surface area contributed by atoms with Crippen LogP contribution in [0.3, 0.4) is 0 Å². The number of aromatic nitrogens is 2. The maximum atomic E-state index is 13.7. The first-order valence-corrected chi connectivity index (χ1v) is 13.9. The Morgan fingerprint density at radius 1 is 0.950 bits per heavy atom. The number of ether oxygens (including phenoxy) is 1. The summed E-state index contributed by atoms with van der Waals surface area (Å²) < 4.78 is 7.75. The summed E-state index contributed by atoms with van der Waals surface area (Å²) in [5, 5.41) is 1.11. The molecule has 1 amide bonds. The number of carbonyl (C=O) groups excluding carboxylic acids is 1. The number of aryl methyl sites for hydroxylation is 1. The van der Waals surface area contributed by atoms with Gasteiger partial charge in [0.25, 0.3) is 5.91 Å². The lowest BCUT2D eigenvalue weighted by Gasteiger charge is -2.33. The van der Waals surface area contributed by atoms with Gasteiger partial charge in [-0.2, -0.15) is 0 Å². The van der Waals surface area contributed by atoms with Crippen LogP contribution in [-0.2, 0) is 19.5 Å². The van der Waals surface area contributed by atoms with Crippen LogP contribution in [0.4, 0.5) is 5.82 Å². The number of rotatable bonds is 5. The highest BCUT2D eigenvalue weighted by Gasteiger charge is 2.28. The van der Waals surface area contributed by atoms with E-state index >= 15 is 0 Å². The van der Waals surface area contributed by atoms with Crippen LogP contribution in [0.1, 0.15) is 38.4 Å². The van der Waals surface area contributed by atoms with E-state index in [2.05, 4.69) is 71.7 Å². The number of fused-ring (bicyclic) bond motifs is 2. The summed E-state index contributed by atoms with van der Waals surface area (Å²) in [6.07, 6.45) is 0.965. The summed E-state index contributed by atoms with van der Waals surface area (Å²) in [6.45, 7) is 9.98. The van der Waals surface area contributed by atoms with E-state index < -0.39 is 0 Å². The number of amides is 1. The Morgan fingerprint density at radius 3 is 2.35 bits per heavy atom. The zero-order valence-corrected chi connectivity index (χ0v) is 24.6. The van der Waals surface area contributed by atoms with Crippen molar-refractivity contribution in [3.05, 3.63) is 88.2 Å². The summed E-state index contributed by atoms with van der Waals surface area (Å²) in [4.78, 5) is 25.5. The molecule has 4 heterocycles. The molecule has 0 spiro atoms. The van der Waals surface area contributed by atoms with Crippen molar-refractivity contribution in [1.29, 1.82) is 0 Å². The largest absolute Gasteiger partial charge is 0.497 e. The fourth-order valence-corrected chi connectivity index (χ4v) is 5.93. The quantitative estimate of drug-likeness (QED) is 0.341. The molecular weight excluding hydrogens is 522 g/mol. The van der Waals surface area contributed by atoms with Gasteiger partial charge in [-0.3, -0.25) is 4.79 Å². The third kappa shape index (κ3) is 5.16. The molecule has 2 aromatic heterocycles. The number of anilines is 1. The zero-order valence-electron chi connectivity index (χ0n) is 23.8. The summed E-state index contributed by atoms with van der Waals surface area (Å²) in [6, 6.07) is 19.0. The van der Waals surface area contributed by atoms with Crippen molar-refractivity contribution >= 4 is 35.0 Å². The Kier molecular flexibility index (Phi) is 8.06. The van der Waals surface area contributed by atoms with Gasteiger partial charge in [-0.15, -0.1) is 12.4 Å². The van der Waals surface area contributed by atoms with Gasteiger partial charge in [-0.25, -0.2) is 4.98 Å². The molecule has 8 heteroatoms. The number of halogens is 1. The average molecular weight is 560 g/mol. The van der Waals surface area contributed by atoms with Crippen LogP contribution in [-0.4, -0.2) is 72.1 Å². The molecule has 4 aromatic rings. The maximum absolute atomic E-state index is 13.7. The van der Waals surface area contributed by atoms with Crippen LogP contribution in [0.25, 0.3) is 10.9 Å². The molecule has 210 valence electrons. The molecule has 2 aliphatic rings. The predicted molar refractivity (Wildman–Crippen MR) is 163 cm³/mol. The number of pyridine rings is 1. The lowest BCUT2D eigenvalue weighted by Crippen LogP contribution is -2.47. The van der Waals surface area contributed by atoms with E-state index in [1.54, 1.807) is 7.11 Å². The second-order valence-corrected chi connectivity index (χ2v) is 10.9. The Labute approximate surface area is 242 Å². The number of carbonyl (C=O) groups is 1. The van der Waals surface area contributed by atoms with Crippen LogP contribution < -0.4 is 9.64 Å². The molecule has 0 aliphatic carbocycles. The first kappa shape index (κ1) is 28.0. The van der Waals surface area contributed by atoms with Crippen LogP contribution >= 0.6 is 12.4 Å². The minimum absolute atomic E-state index is 0. The molecule has 0 bridgehead atoms. The average Bonchev–Trinajstić information content (AvgIpc) is 3.21. The minimum Gasteiger partial charge on any atom is -0.497 e. The van der Waals surface area contributed by atoms with E-state index in [9.17, 15) is 4.79 Å². The Balaban J connectivity index is 0.00000323. The SMILES string of the molecule is COc1ccc(Cn2c(C)c(C)c3cc(C(=O)N4CCN(C)CC4)nc(N4CCc5ccccc5C4)c32)cc1.Cl. The molecule has 6 rings (SSSR count). The maximum Gasteiger partial charge on any atom is 0.272 e. The standard InChI is InChI=1S/C32H37N5O2.ClH/c1-22-23(2)37(20-24-9-11-27(39-4)12-10-24)30-28(22)19-29(32(38)35-17-15-34(3)16-18-35)33-31(30)36-14-13-25-7-5-6-8-26(25)21-36;/h5-12,19H,13-18,20-21H2,1-4H3;1H. The van der Waals surface area contributed by atoms with E-state index in [0.717, 1.165) is 74.7 Å². The molecule has 2 aromatic carbocycles. The van der Waals surface area contributed by atoms with Gasteiger partial charge in [0.1, 0.15) is 11.4 Å². The van der Waals surface area contributed by atoms with E-state index in [-0.39, 0.29) is 18.3 Å². The minimum atomic E-state index is 0. The van der Waals surface area contributed by atoms with Gasteiger partial charge >= 0.3 is 0 Å². The van der Waals surface area contributed by atoms with Crippen LogP contribution in [0.15, 0.2) is 54.6 Å². The molecule has 2 aliphatic heterocycles. The third-order valence-corrected chi connectivity index (χ3v) is 8.54. The number of benzene rings is 2. The zero-order chi connectivity index (χ0) is 27.1. The van der Waals surface area contributed by atoms with Gasteiger partial charge in [-0.05, 0) is 67.8 Å². The summed E-state index contributed by atoms with van der Waals surface area (Å²) in [5.41, 5.74) is 7.98. The van der Waals surface area contributed by atoms with Crippen molar-refractivity contribution in [2.24, 2.45) is 0 Å². The molecule has 0 saturated carbocycles. The fraction of sp³-hybridized carbons (Fsp3) is 0.375. The summed E-state index contributed by atoms with van der Waals surface area (Å²) in [7, 11) is 3.80. The monoisotopic (exact) mass is 559 g/mol. The fourth-order valence-electron chi connectivity index (χ4n) is 5.93. The van der Waals surface area contributed by atoms with E-state index in [1.807, 2.05) is 23.1 Å². The first-order valence-electron chi connectivity index (χ1n) is 13.9. The molecule has 1 saturated heterocycles. The highest BCUT2D eigenvalue weighted by atomic mass is 35.5. The molecule has 7 nitrogen and oxygen atoms in total. The van der Waals surface area contributed by atoms with Crippen molar-refractivity contribution in [3.8, 4) is 5.75 Å². The Hall–Kier alpha value is -3.55. The molecule has 0 atom stereocenters. The van der Waals surface area contributed by atoms with Gasteiger partial charge in [-0.1, -0.05) is 36.4 Å². The van der Waals surface area contributed by atoms with Gasteiger partial charge < -0.3 is 24.0 Å². The van der Waals surface area contributed by atoms with E-state index in [1.165, 1.54) is 27.9 Å². The van der Waals surface area contributed by atoms with Crippen LogP contribution in [0.2, 0.25) is 0 Å². The molecule has 0 unspecified atom stereocenters. The third-order valence-electron chi connectivity index (χ3n) is 8.54. The normalized spacial score (nSPS) is 15.6. The van der Waals surface area contributed by atoms with Crippen LogP contribution in [0, 0.1) is 13.8 Å². The number of methoxy groups -OCH3 is 1. The topological polar surface area (TPSA) is 53.8 Å². The number of hydrogen-bond donors (Lipinski definition) is 0. The number of hydrogen-bond acceptors (Lipinski definition) is 5. The molecule has 0 radical (unpaired) electrons. The van der Waals surface area contributed by atoms with Crippen LogP contribution in [0.5, 0.6) is 5.75 Å². The Morgan fingerprint density at radius 2 is 1.65 bits per heavy atom. The summed E-state index contributed by atoms with van der Waals surface area (Å²) >= 11 is 0. The lowest BCUT2D eigenvalue weighted by molar-refractivity contribution is 0.0658. The van der Waals surface area contributed by atoms with Crippen molar-refractivity contribution in [3.63, 3.8) is 0 Å². The highest BCUT2D eigenvalue weighted by molar-refractivity contribution is 6.01. The first-order chi connectivity index (χ1) is 18.9. The molecule has 1 fully saturated rings. The second kappa shape index (κ2) is 11.5. The van der Waals surface area contributed by atoms with Gasteiger partial charge in [0.2, 0.25) is 0 Å². The number of likely N-dealkylation sites (N-methyl/N-ethyl adjacent to an activating group) is 1. The predicted octanol–water partition coefficient (Wildman–Crippen LogP) is 5.08. The van der Waals surface area contributed by atoms with E-state index in [4.69, 9.17) is 9.72 Å². The van der Waals surface area contributed by atoms with Crippen molar-refractivity contribution in [2.45, 2.75) is 33.4 Å². The van der Waals surface area contributed by atoms with Crippen molar-refractivity contribution in [1.82, 2.24) is 19.4 Å². The lowest BCUT2D eigenvalue weighted by atomic mass is 10.00. The smallest absolute Gasteiger partial charge is 0.272 e. The molecule has 0 N–H and O–H groups in total. The number of nitrogens with zero attached hydrogens (tertiary/aromatic N) is 5. The van der Waals surface area contributed by atoms with E-state index in [0.29, 0.717) is 5.69 Å². The Bertz CT molecular complexity index is 1520. The van der Waals surface area contributed by atoms with Crippen molar-refractivity contribution < 1.29 is 9.53 Å². The van der Waals surface area contributed by atoms with Gasteiger partial charge in [0, 0.05) is 56.9 Å². The highest BCUT2D eigenvalue weighted by Crippen LogP contribution is 2.36. The molecular formula is C32H38ClN5O2. The second-order valence-electron chi connectivity index (χ2n) is 10.9.